The number of aromatic carboxylic acids is 1. The minimum absolute atomic E-state index is 0.0290. The molecule has 1 aliphatic rings. The van der Waals surface area contributed by atoms with Crippen LogP contribution in [0.15, 0.2) is 42.6 Å². The number of hydrogen-bond donors (Lipinski definition) is 1. The Morgan fingerprint density at radius 2 is 2.00 bits per heavy atom. The van der Waals surface area contributed by atoms with Gasteiger partial charge in [0.2, 0.25) is 0 Å². The summed E-state index contributed by atoms with van der Waals surface area (Å²) in [6.07, 6.45) is 3.13. The van der Waals surface area contributed by atoms with Crippen molar-refractivity contribution in [2.24, 2.45) is 0 Å². The Bertz CT molecular complexity index is 758. The lowest BCUT2D eigenvalue weighted by Crippen LogP contribution is -2.31. The molecule has 2 aromatic rings. The molecule has 0 bridgehead atoms. The molecule has 1 aliphatic heterocycles. The van der Waals surface area contributed by atoms with Crippen LogP contribution in [0.4, 0.5) is 0 Å². The summed E-state index contributed by atoms with van der Waals surface area (Å²) in [6, 6.07) is 10.3. The van der Waals surface area contributed by atoms with Gasteiger partial charge in [0, 0.05) is 12.7 Å². The van der Waals surface area contributed by atoms with Crippen LogP contribution in [0, 0.1) is 0 Å². The number of pyridine rings is 1. The van der Waals surface area contributed by atoms with Gasteiger partial charge < -0.3 is 14.7 Å². The minimum atomic E-state index is -1.07. The second kappa shape index (κ2) is 6.70. The highest BCUT2D eigenvalue weighted by molar-refractivity contribution is 5.96. The number of aromatic nitrogens is 1. The lowest BCUT2D eigenvalue weighted by atomic mass is 10.0. The monoisotopic (exact) mass is 326 g/mol. The number of carboxylic acids is 1. The number of nitrogens with zero attached hydrogens (tertiary/aromatic N) is 2. The largest absolute Gasteiger partial charge is 0.497 e. The highest BCUT2D eigenvalue weighted by Crippen LogP contribution is 2.33. The van der Waals surface area contributed by atoms with Gasteiger partial charge in [0.25, 0.3) is 5.91 Å². The highest BCUT2D eigenvalue weighted by Gasteiger charge is 2.31. The first-order chi connectivity index (χ1) is 11.6. The molecule has 1 unspecified atom stereocenters. The van der Waals surface area contributed by atoms with E-state index in [0.717, 1.165) is 24.2 Å². The molecule has 3 rings (SSSR count). The van der Waals surface area contributed by atoms with E-state index in [1.54, 1.807) is 12.0 Å². The SMILES string of the molecule is COc1ccc(C2CCCN2C(=O)c2cc(C(=O)O)ccn2)cc1. The fourth-order valence-electron chi connectivity index (χ4n) is 3.01. The van der Waals surface area contributed by atoms with Crippen molar-refractivity contribution in [1.29, 1.82) is 0 Å². The summed E-state index contributed by atoms with van der Waals surface area (Å²) in [5, 5.41) is 9.07. The van der Waals surface area contributed by atoms with Crippen molar-refractivity contribution in [3.8, 4) is 5.75 Å². The lowest BCUT2D eigenvalue weighted by Gasteiger charge is -2.25. The number of likely N-dealkylation sites (tertiary alicyclic amines) is 1. The van der Waals surface area contributed by atoms with E-state index in [-0.39, 0.29) is 23.2 Å². The molecule has 124 valence electrons. The number of carboxylic acid groups (broad SMARTS) is 1. The third-order valence-electron chi connectivity index (χ3n) is 4.24. The number of amides is 1. The zero-order chi connectivity index (χ0) is 17.1. The van der Waals surface area contributed by atoms with E-state index in [2.05, 4.69) is 4.98 Å². The van der Waals surface area contributed by atoms with E-state index >= 15 is 0 Å². The van der Waals surface area contributed by atoms with E-state index in [9.17, 15) is 9.59 Å². The molecule has 1 N–H and O–H groups in total. The Morgan fingerprint density at radius 1 is 1.25 bits per heavy atom. The standard InChI is InChI=1S/C18H18N2O4/c1-24-14-6-4-12(5-7-14)16-3-2-10-20(16)17(21)15-11-13(18(22)23)8-9-19-15/h4-9,11,16H,2-3,10H2,1H3,(H,22,23). The molecule has 0 saturated carbocycles. The number of benzene rings is 1. The molecule has 1 atom stereocenters. The summed E-state index contributed by atoms with van der Waals surface area (Å²) in [4.78, 5) is 29.7. The zero-order valence-electron chi connectivity index (χ0n) is 13.3. The maximum atomic E-state index is 12.8. The Kier molecular flexibility index (Phi) is 4.46. The number of carbonyl (C=O) groups excluding carboxylic acids is 1. The normalized spacial score (nSPS) is 16.9. The van der Waals surface area contributed by atoms with Crippen molar-refractivity contribution in [1.82, 2.24) is 9.88 Å². The molecule has 0 spiro atoms. The van der Waals surface area contributed by atoms with Crippen LogP contribution in [-0.4, -0.2) is 40.5 Å². The fourth-order valence-corrected chi connectivity index (χ4v) is 3.01. The molecule has 6 heteroatoms. The first-order valence-electron chi connectivity index (χ1n) is 7.74. The van der Waals surface area contributed by atoms with Gasteiger partial charge in [-0.3, -0.25) is 9.78 Å². The van der Waals surface area contributed by atoms with Gasteiger partial charge in [-0.15, -0.1) is 0 Å². The quantitative estimate of drug-likeness (QED) is 0.934. The van der Waals surface area contributed by atoms with Gasteiger partial charge in [0.05, 0.1) is 18.7 Å². The Labute approximate surface area is 139 Å². The van der Waals surface area contributed by atoms with Crippen LogP contribution in [0.1, 0.15) is 45.3 Å². The number of hydrogen-bond acceptors (Lipinski definition) is 4. The summed E-state index contributed by atoms with van der Waals surface area (Å²) in [5.41, 5.74) is 1.26. The van der Waals surface area contributed by atoms with Gasteiger partial charge >= 0.3 is 5.97 Å². The minimum Gasteiger partial charge on any atom is -0.497 e. The summed E-state index contributed by atoms with van der Waals surface area (Å²) in [5.74, 6) is -0.540. The van der Waals surface area contributed by atoms with Crippen molar-refractivity contribution in [2.75, 3.05) is 13.7 Å². The lowest BCUT2D eigenvalue weighted by molar-refractivity contribution is 0.0696. The number of methoxy groups -OCH3 is 1. The molecule has 0 aliphatic carbocycles. The maximum Gasteiger partial charge on any atom is 0.335 e. The van der Waals surface area contributed by atoms with Crippen molar-refractivity contribution in [3.63, 3.8) is 0 Å². The van der Waals surface area contributed by atoms with Crippen molar-refractivity contribution < 1.29 is 19.4 Å². The second-order valence-corrected chi connectivity index (χ2v) is 5.66. The van der Waals surface area contributed by atoms with Gasteiger partial charge in [-0.25, -0.2) is 4.79 Å². The average Bonchev–Trinajstić information content (AvgIpc) is 3.11. The Morgan fingerprint density at radius 3 is 2.67 bits per heavy atom. The van der Waals surface area contributed by atoms with E-state index in [0.29, 0.717) is 6.54 Å². The van der Waals surface area contributed by atoms with Crippen molar-refractivity contribution in [2.45, 2.75) is 18.9 Å². The number of rotatable bonds is 4. The third-order valence-corrected chi connectivity index (χ3v) is 4.24. The predicted molar refractivity (Wildman–Crippen MR) is 87.2 cm³/mol. The van der Waals surface area contributed by atoms with Crippen LogP contribution in [0.25, 0.3) is 0 Å². The molecule has 1 aromatic heterocycles. The maximum absolute atomic E-state index is 12.8. The van der Waals surface area contributed by atoms with E-state index in [1.165, 1.54) is 18.3 Å². The van der Waals surface area contributed by atoms with Gasteiger partial charge in [0.15, 0.2) is 0 Å². The summed E-state index contributed by atoms with van der Waals surface area (Å²) >= 11 is 0. The van der Waals surface area contributed by atoms with Crippen LogP contribution in [0.5, 0.6) is 5.75 Å². The second-order valence-electron chi connectivity index (χ2n) is 5.66. The predicted octanol–water partition coefficient (Wildman–Crippen LogP) is 2.77. The summed E-state index contributed by atoms with van der Waals surface area (Å²) in [7, 11) is 1.61. The van der Waals surface area contributed by atoms with E-state index < -0.39 is 5.97 Å². The van der Waals surface area contributed by atoms with Gasteiger partial charge in [0.1, 0.15) is 11.4 Å². The van der Waals surface area contributed by atoms with Gasteiger partial charge in [-0.05, 0) is 42.7 Å². The smallest absolute Gasteiger partial charge is 0.335 e. The zero-order valence-corrected chi connectivity index (χ0v) is 13.3. The van der Waals surface area contributed by atoms with Crippen LogP contribution in [-0.2, 0) is 0 Å². The highest BCUT2D eigenvalue weighted by atomic mass is 16.5. The summed E-state index contributed by atoms with van der Waals surface area (Å²) < 4.78 is 5.16. The first kappa shape index (κ1) is 16.0. The first-order valence-corrected chi connectivity index (χ1v) is 7.74. The van der Waals surface area contributed by atoms with Crippen LogP contribution in [0.3, 0.4) is 0 Å². The molecular formula is C18H18N2O4. The van der Waals surface area contributed by atoms with Gasteiger partial charge in [-0.2, -0.15) is 0 Å². The Balaban J connectivity index is 1.85. The molecule has 0 radical (unpaired) electrons. The molecule has 2 heterocycles. The van der Waals surface area contributed by atoms with E-state index in [4.69, 9.17) is 9.84 Å². The van der Waals surface area contributed by atoms with Gasteiger partial charge in [-0.1, -0.05) is 12.1 Å². The topological polar surface area (TPSA) is 79.7 Å². The molecule has 1 amide bonds. The third kappa shape index (κ3) is 3.08. The van der Waals surface area contributed by atoms with Crippen molar-refractivity contribution >= 4 is 11.9 Å². The van der Waals surface area contributed by atoms with E-state index in [1.807, 2.05) is 24.3 Å². The fraction of sp³-hybridized carbons (Fsp3) is 0.278. The molecule has 24 heavy (non-hydrogen) atoms. The molecular weight excluding hydrogens is 308 g/mol. The molecule has 1 aromatic carbocycles. The van der Waals surface area contributed by atoms with Crippen LogP contribution in [0.2, 0.25) is 0 Å². The number of ether oxygens (including phenoxy) is 1. The van der Waals surface area contributed by atoms with Crippen LogP contribution < -0.4 is 4.74 Å². The molecule has 1 fully saturated rings. The van der Waals surface area contributed by atoms with Crippen LogP contribution >= 0.6 is 0 Å². The number of carbonyl (C=O) groups is 2. The van der Waals surface area contributed by atoms with Crippen molar-refractivity contribution in [3.05, 3.63) is 59.4 Å². The average molecular weight is 326 g/mol. The molecule has 1 saturated heterocycles. The summed E-state index contributed by atoms with van der Waals surface area (Å²) in [6.45, 7) is 0.633. The molecule has 6 nitrogen and oxygen atoms in total. The Hall–Kier alpha value is -2.89.